The maximum absolute atomic E-state index is 11.7. The molecule has 1 N–H and O–H groups in total. The van der Waals surface area contributed by atoms with Gasteiger partial charge < -0.3 is 5.11 Å². The number of aliphatic carboxylic acids is 1. The third kappa shape index (κ3) is 14.6. The van der Waals surface area contributed by atoms with Gasteiger partial charge in [0.25, 0.3) is 0 Å². The minimum absolute atomic E-state index is 0.125. The lowest BCUT2D eigenvalue weighted by Crippen LogP contribution is -2.19. The Kier molecular flexibility index (Phi) is 17.5. The van der Waals surface area contributed by atoms with Crippen LogP contribution in [0.2, 0.25) is 0 Å². The largest absolute Gasteiger partial charge is 0.481 e. The first-order valence-corrected chi connectivity index (χ1v) is 11.8. The van der Waals surface area contributed by atoms with Crippen molar-refractivity contribution >= 4 is 5.97 Å². The molecule has 2 heteroatoms. The van der Waals surface area contributed by atoms with Crippen LogP contribution < -0.4 is 0 Å². The van der Waals surface area contributed by atoms with Crippen LogP contribution in [0.4, 0.5) is 0 Å². The van der Waals surface area contributed by atoms with Crippen molar-refractivity contribution in [1.82, 2.24) is 0 Å². The number of carbonyl (C=O) groups is 1. The molecule has 0 aromatic rings. The molecule has 2 nitrogen and oxygen atoms in total. The first-order valence-electron chi connectivity index (χ1n) is 11.8. The lowest BCUT2D eigenvalue weighted by Gasteiger charge is -2.22. The third-order valence-electron chi connectivity index (χ3n) is 5.94. The fourth-order valence-electron chi connectivity index (χ4n) is 4.11. The van der Waals surface area contributed by atoms with Crippen LogP contribution in [0.25, 0.3) is 0 Å². The highest BCUT2D eigenvalue weighted by Crippen LogP contribution is 2.28. The van der Waals surface area contributed by atoms with E-state index in [4.69, 9.17) is 0 Å². The molecule has 3 unspecified atom stereocenters. The molecule has 0 spiro atoms. The molecule has 156 valence electrons. The summed E-state index contributed by atoms with van der Waals surface area (Å²) >= 11 is 0. The molecule has 0 amide bonds. The predicted molar refractivity (Wildman–Crippen MR) is 115 cm³/mol. The van der Waals surface area contributed by atoms with E-state index >= 15 is 0 Å². The lowest BCUT2D eigenvalue weighted by atomic mass is 9.83. The van der Waals surface area contributed by atoms with Crippen LogP contribution >= 0.6 is 0 Å². The molecule has 0 bridgehead atoms. The van der Waals surface area contributed by atoms with Crippen LogP contribution in [0.15, 0.2) is 0 Å². The molecule has 0 aliphatic carbocycles. The summed E-state index contributed by atoms with van der Waals surface area (Å²) in [5.41, 5.74) is 0. The molecule has 0 aliphatic heterocycles. The van der Waals surface area contributed by atoms with Gasteiger partial charge in [0.05, 0.1) is 5.92 Å². The summed E-state index contributed by atoms with van der Waals surface area (Å²) in [6.45, 7) is 9.03. The molecule has 0 heterocycles. The Hall–Kier alpha value is -0.530. The van der Waals surface area contributed by atoms with E-state index in [0.717, 1.165) is 19.3 Å². The Morgan fingerprint density at radius 1 is 0.692 bits per heavy atom. The van der Waals surface area contributed by atoms with Crippen molar-refractivity contribution in [3.05, 3.63) is 0 Å². The van der Waals surface area contributed by atoms with Gasteiger partial charge in [0.1, 0.15) is 0 Å². The second-order valence-corrected chi connectivity index (χ2v) is 8.66. The Morgan fingerprint density at radius 3 is 1.88 bits per heavy atom. The predicted octanol–water partition coefficient (Wildman–Crippen LogP) is 8.24. The van der Waals surface area contributed by atoms with Crippen LogP contribution in [0.1, 0.15) is 130 Å². The van der Waals surface area contributed by atoms with Gasteiger partial charge in [0.15, 0.2) is 0 Å². The molecule has 26 heavy (non-hydrogen) atoms. The van der Waals surface area contributed by atoms with Crippen molar-refractivity contribution in [2.24, 2.45) is 17.8 Å². The van der Waals surface area contributed by atoms with E-state index in [-0.39, 0.29) is 5.92 Å². The maximum Gasteiger partial charge on any atom is 0.306 e. The quantitative estimate of drug-likeness (QED) is 0.233. The molecule has 0 fully saturated rings. The summed E-state index contributed by atoms with van der Waals surface area (Å²) in [5, 5.41) is 9.65. The van der Waals surface area contributed by atoms with Crippen molar-refractivity contribution < 1.29 is 9.90 Å². The van der Waals surface area contributed by atoms with Crippen LogP contribution in [-0.4, -0.2) is 11.1 Å². The highest BCUT2D eigenvalue weighted by molar-refractivity contribution is 5.69. The Bertz CT molecular complexity index is 313. The molecule has 0 aromatic heterocycles. The Balaban J connectivity index is 4.04. The fraction of sp³-hybridized carbons (Fsp3) is 0.958. The second kappa shape index (κ2) is 17.9. The molecular weight excluding hydrogens is 320 g/mol. The van der Waals surface area contributed by atoms with Gasteiger partial charge in [-0.25, -0.2) is 0 Å². The van der Waals surface area contributed by atoms with Crippen molar-refractivity contribution in [1.29, 1.82) is 0 Å². The van der Waals surface area contributed by atoms with E-state index < -0.39 is 5.97 Å². The summed E-state index contributed by atoms with van der Waals surface area (Å²) in [4.78, 5) is 11.7. The number of carboxylic acids is 1. The van der Waals surface area contributed by atoms with Gasteiger partial charge in [-0.1, -0.05) is 111 Å². The summed E-state index contributed by atoms with van der Waals surface area (Å²) in [5.74, 6) is 0.595. The highest BCUT2D eigenvalue weighted by Gasteiger charge is 2.22. The number of hydrogen-bond donors (Lipinski definition) is 1. The van der Waals surface area contributed by atoms with Crippen LogP contribution in [0.5, 0.6) is 0 Å². The van der Waals surface area contributed by atoms with Crippen molar-refractivity contribution in [3.63, 3.8) is 0 Å². The van der Waals surface area contributed by atoms with Crippen molar-refractivity contribution in [2.45, 2.75) is 130 Å². The minimum Gasteiger partial charge on any atom is -0.481 e. The second-order valence-electron chi connectivity index (χ2n) is 8.66. The van der Waals surface area contributed by atoms with E-state index in [2.05, 4.69) is 27.7 Å². The summed E-state index contributed by atoms with van der Waals surface area (Å²) in [7, 11) is 0. The average Bonchev–Trinajstić information content (AvgIpc) is 2.61. The number of hydrogen-bond acceptors (Lipinski definition) is 1. The normalized spacial score (nSPS) is 14.9. The van der Waals surface area contributed by atoms with E-state index in [1.165, 1.54) is 83.5 Å². The number of rotatable bonds is 19. The molecular formula is C24H48O2. The molecule has 0 aliphatic rings. The van der Waals surface area contributed by atoms with Gasteiger partial charge in [-0.2, -0.15) is 0 Å². The zero-order valence-electron chi connectivity index (χ0n) is 18.4. The average molecular weight is 369 g/mol. The van der Waals surface area contributed by atoms with Gasteiger partial charge in [0.2, 0.25) is 0 Å². The molecule has 0 rings (SSSR count). The van der Waals surface area contributed by atoms with Crippen LogP contribution in [0.3, 0.4) is 0 Å². The van der Waals surface area contributed by atoms with Crippen LogP contribution in [0, 0.1) is 17.8 Å². The molecule has 0 saturated carbocycles. The lowest BCUT2D eigenvalue weighted by molar-refractivity contribution is -0.142. The van der Waals surface area contributed by atoms with Crippen molar-refractivity contribution in [3.8, 4) is 0 Å². The molecule has 3 atom stereocenters. The maximum atomic E-state index is 11.7. The molecule has 0 aromatic carbocycles. The summed E-state index contributed by atoms with van der Waals surface area (Å²) < 4.78 is 0. The van der Waals surface area contributed by atoms with E-state index in [9.17, 15) is 9.90 Å². The zero-order valence-corrected chi connectivity index (χ0v) is 18.4. The van der Waals surface area contributed by atoms with E-state index in [0.29, 0.717) is 11.8 Å². The topological polar surface area (TPSA) is 37.3 Å². The van der Waals surface area contributed by atoms with Gasteiger partial charge in [-0.15, -0.1) is 0 Å². The zero-order chi connectivity index (χ0) is 19.6. The van der Waals surface area contributed by atoms with Gasteiger partial charge in [-0.05, 0) is 31.1 Å². The van der Waals surface area contributed by atoms with Gasteiger partial charge in [0, 0.05) is 0 Å². The third-order valence-corrected chi connectivity index (χ3v) is 5.94. The number of unbranched alkanes of at least 4 members (excludes halogenated alkanes) is 7. The van der Waals surface area contributed by atoms with Crippen molar-refractivity contribution in [2.75, 3.05) is 0 Å². The number of carboxylic acid groups (broad SMARTS) is 1. The van der Waals surface area contributed by atoms with Gasteiger partial charge in [-0.3, -0.25) is 4.79 Å². The van der Waals surface area contributed by atoms with E-state index in [1.807, 2.05) is 0 Å². The van der Waals surface area contributed by atoms with Gasteiger partial charge >= 0.3 is 5.97 Å². The first kappa shape index (κ1) is 25.5. The Labute approximate surface area is 164 Å². The fourth-order valence-corrected chi connectivity index (χ4v) is 4.11. The monoisotopic (exact) mass is 368 g/mol. The summed E-state index contributed by atoms with van der Waals surface area (Å²) in [6, 6.07) is 0. The van der Waals surface area contributed by atoms with E-state index in [1.54, 1.807) is 0 Å². The Morgan fingerprint density at radius 2 is 1.31 bits per heavy atom. The SMILES string of the molecule is CCCCCCCCCC(C)CCC(CC(CCC)CCCC)C(=O)O. The summed E-state index contributed by atoms with van der Waals surface area (Å²) in [6.07, 6.45) is 19.7. The molecule has 0 radical (unpaired) electrons. The minimum atomic E-state index is -0.564. The van der Waals surface area contributed by atoms with Crippen LogP contribution in [-0.2, 0) is 4.79 Å². The standard InChI is InChI=1S/C24H48O2/c1-5-8-10-11-12-13-14-16-21(4)18-19-23(24(25)26)20-22(15-7-3)17-9-6-2/h21-23H,5-20H2,1-4H3,(H,25,26). The smallest absolute Gasteiger partial charge is 0.306 e. The first-order chi connectivity index (χ1) is 12.5. The highest BCUT2D eigenvalue weighted by atomic mass is 16.4. The molecule has 0 saturated heterocycles.